The molecule has 0 fully saturated rings. The van der Waals surface area contributed by atoms with Gasteiger partial charge in [-0.15, -0.1) is 10.2 Å². The van der Waals surface area contributed by atoms with E-state index >= 15 is 0 Å². The lowest BCUT2D eigenvalue weighted by atomic mass is 10.2. The Morgan fingerprint density at radius 3 is 2.40 bits per heavy atom. The summed E-state index contributed by atoms with van der Waals surface area (Å²) >= 11 is 0.603. The van der Waals surface area contributed by atoms with Crippen molar-refractivity contribution in [1.82, 2.24) is 14.9 Å². The number of anilines is 1. The Morgan fingerprint density at radius 1 is 1.12 bits per heavy atom. The molecule has 0 unspecified atom stereocenters. The maximum Gasteiger partial charge on any atom is 0.267 e. The third kappa shape index (κ3) is 6.47. The van der Waals surface area contributed by atoms with E-state index in [0.717, 1.165) is 0 Å². The zero-order chi connectivity index (χ0) is 18.5. The van der Waals surface area contributed by atoms with Crippen LogP contribution in [0, 0.1) is 0 Å². The first-order valence-corrected chi connectivity index (χ1v) is 10.8. The first kappa shape index (κ1) is 19.4. The number of carbonyl (C=O) groups is 1. The Bertz CT molecular complexity index is 941. The van der Waals surface area contributed by atoms with Crippen molar-refractivity contribution < 1.29 is 21.6 Å². The van der Waals surface area contributed by atoms with Gasteiger partial charge in [0.25, 0.3) is 10.0 Å². The Kier molecular flexibility index (Phi) is 6.18. The summed E-state index contributed by atoms with van der Waals surface area (Å²) < 4.78 is 47.8. The molecule has 0 atom stereocenters. The minimum Gasteiger partial charge on any atom is -0.300 e. The first-order chi connectivity index (χ1) is 11.7. The molecular weight excluding hydrogens is 390 g/mol. The highest BCUT2D eigenvalue weighted by molar-refractivity contribution is 7.91. The van der Waals surface area contributed by atoms with Crippen molar-refractivity contribution in [3.05, 3.63) is 35.9 Å². The second kappa shape index (κ2) is 7.97. The molecule has 2 aromatic rings. The molecule has 25 heavy (non-hydrogen) atoms. The molecule has 1 aromatic carbocycles. The molecule has 4 N–H and O–H groups in total. The molecule has 10 nitrogen and oxygen atoms in total. The largest absolute Gasteiger partial charge is 0.300 e. The highest BCUT2D eigenvalue weighted by Gasteiger charge is 2.17. The molecule has 1 amide bonds. The van der Waals surface area contributed by atoms with Gasteiger partial charge in [0.1, 0.15) is 0 Å². The number of hydrogen-bond donors (Lipinski definition) is 3. The van der Waals surface area contributed by atoms with E-state index in [9.17, 15) is 21.6 Å². The van der Waals surface area contributed by atoms with Crippen LogP contribution in [0.1, 0.15) is 12.0 Å². The van der Waals surface area contributed by atoms with Crippen LogP contribution in [0.5, 0.6) is 0 Å². The maximum atomic E-state index is 11.9. The van der Waals surface area contributed by atoms with Gasteiger partial charge in [0.2, 0.25) is 25.4 Å². The molecule has 1 heterocycles. The molecular formula is C12H15N5O5S3. The van der Waals surface area contributed by atoms with E-state index in [1.54, 1.807) is 30.3 Å². The molecule has 0 spiro atoms. The van der Waals surface area contributed by atoms with Crippen molar-refractivity contribution in [2.24, 2.45) is 5.14 Å². The van der Waals surface area contributed by atoms with Gasteiger partial charge in [0.15, 0.2) is 0 Å². The van der Waals surface area contributed by atoms with Crippen LogP contribution in [0.15, 0.2) is 34.7 Å². The van der Waals surface area contributed by atoms with Crippen LogP contribution in [-0.2, 0) is 30.6 Å². The van der Waals surface area contributed by atoms with Crippen LogP contribution in [0.4, 0.5) is 5.13 Å². The minimum absolute atomic E-state index is 0.0406. The quantitative estimate of drug-likeness (QED) is 0.505. The molecule has 0 bridgehead atoms. The number of hydrogen-bond acceptors (Lipinski definition) is 8. The number of carbonyl (C=O) groups excluding carboxylic acids is 1. The zero-order valence-electron chi connectivity index (χ0n) is 12.7. The van der Waals surface area contributed by atoms with Crippen LogP contribution >= 0.6 is 11.3 Å². The Hall–Kier alpha value is -1.93. The number of nitrogens with zero attached hydrogens (tertiary/aromatic N) is 2. The lowest BCUT2D eigenvalue weighted by Gasteiger charge is -2.06. The fraction of sp³-hybridized carbons (Fsp3) is 0.250. The van der Waals surface area contributed by atoms with Crippen LogP contribution in [0.25, 0.3) is 0 Å². The van der Waals surface area contributed by atoms with Crippen molar-refractivity contribution >= 4 is 42.4 Å². The van der Waals surface area contributed by atoms with Crippen molar-refractivity contribution in [1.29, 1.82) is 0 Å². The summed E-state index contributed by atoms with van der Waals surface area (Å²) in [7, 11) is -7.55. The number of benzene rings is 1. The summed E-state index contributed by atoms with van der Waals surface area (Å²) in [5.74, 6) is -0.733. The number of sulfonamides is 2. The Balaban J connectivity index is 1.81. The fourth-order valence-corrected chi connectivity index (χ4v) is 4.22. The second-order valence-electron chi connectivity index (χ2n) is 4.86. The van der Waals surface area contributed by atoms with Crippen molar-refractivity contribution in [3.8, 4) is 0 Å². The molecule has 136 valence electrons. The molecule has 13 heteroatoms. The van der Waals surface area contributed by atoms with Gasteiger partial charge in [-0.25, -0.2) is 26.7 Å². The van der Waals surface area contributed by atoms with Gasteiger partial charge < -0.3 is 5.32 Å². The van der Waals surface area contributed by atoms with Crippen LogP contribution < -0.4 is 15.2 Å². The van der Waals surface area contributed by atoms with Crippen molar-refractivity contribution in [3.63, 3.8) is 0 Å². The Labute approximate surface area is 148 Å². The van der Waals surface area contributed by atoms with Crippen molar-refractivity contribution in [2.45, 2.75) is 16.5 Å². The van der Waals surface area contributed by atoms with E-state index < -0.39 is 30.3 Å². The minimum atomic E-state index is -3.98. The van der Waals surface area contributed by atoms with Gasteiger partial charge in [-0.05, 0) is 5.56 Å². The predicted molar refractivity (Wildman–Crippen MR) is 91.6 cm³/mol. The lowest BCUT2D eigenvalue weighted by Crippen LogP contribution is -2.28. The SMILES string of the molecule is NS(=O)(=O)c1nnc(NC(=O)CCNS(=O)(=O)Cc2ccccc2)s1. The van der Waals surface area contributed by atoms with Gasteiger partial charge >= 0.3 is 0 Å². The molecule has 0 aliphatic rings. The maximum absolute atomic E-state index is 11.9. The highest BCUT2D eigenvalue weighted by Crippen LogP contribution is 2.18. The van der Waals surface area contributed by atoms with E-state index in [1.807, 2.05) is 0 Å². The van der Waals surface area contributed by atoms with Gasteiger partial charge in [-0.1, -0.05) is 41.7 Å². The topological polar surface area (TPSA) is 161 Å². The van der Waals surface area contributed by atoms with E-state index in [1.165, 1.54) is 0 Å². The normalized spacial score (nSPS) is 12.0. The second-order valence-corrected chi connectivity index (χ2v) is 9.37. The van der Waals surface area contributed by atoms with E-state index in [4.69, 9.17) is 5.14 Å². The molecule has 0 saturated carbocycles. The third-order valence-electron chi connectivity index (χ3n) is 2.77. The summed E-state index contributed by atoms with van der Waals surface area (Å²) in [6.07, 6.45) is -0.154. The first-order valence-electron chi connectivity index (χ1n) is 6.83. The third-order valence-corrected chi connectivity index (χ3v) is 6.28. The average Bonchev–Trinajstić information content (AvgIpc) is 2.96. The van der Waals surface area contributed by atoms with Gasteiger partial charge in [0.05, 0.1) is 5.75 Å². The van der Waals surface area contributed by atoms with Crippen LogP contribution in [0.3, 0.4) is 0 Å². The molecule has 0 radical (unpaired) electrons. The van der Waals surface area contributed by atoms with E-state index in [0.29, 0.717) is 16.9 Å². The lowest BCUT2D eigenvalue weighted by molar-refractivity contribution is -0.116. The van der Waals surface area contributed by atoms with E-state index in [-0.39, 0.29) is 23.8 Å². The number of primary sulfonamides is 1. The molecule has 1 aromatic heterocycles. The molecule has 0 aliphatic carbocycles. The zero-order valence-corrected chi connectivity index (χ0v) is 15.2. The number of amides is 1. The number of nitrogens with two attached hydrogens (primary N) is 1. The van der Waals surface area contributed by atoms with Gasteiger partial charge in [-0.2, -0.15) is 0 Å². The standard InChI is InChI=1S/C12H15N5O5S3/c13-25(21,22)12-17-16-11(23-12)15-10(18)6-7-14-24(19,20)8-9-4-2-1-3-5-9/h1-5,14H,6-8H2,(H2,13,21,22)(H,15,16,18). The summed E-state index contributed by atoms with van der Waals surface area (Å²) in [6, 6.07) is 8.62. The van der Waals surface area contributed by atoms with Crippen LogP contribution in [0.2, 0.25) is 0 Å². The van der Waals surface area contributed by atoms with Crippen LogP contribution in [-0.4, -0.2) is 39.5 Å². The van der Waals surface area contributed by atoms with Gasteiger partial charge in [0, 0.05) is 13.0 Å². The highest BCUT2D eigenvalue weighted by atomic mass is 32.2. The van der Waals surface area contributed by atoms with Gasteiger partial charge in [-0.3, -0.25) is 4.79 Å². The van der Waals surface area contributed by atoms with E-state index in [2.05, 4.69) is 20.2 Å². The fourth-order valence-electron chi connectivity index (χ4n) is 1.72. The molecule has 0 saturated heterocycles. The summed E-state index contributed by atoms with van der Waals surface area (Å²) in [5, 5.41) is 14.0. The molecule has 0 aliphatic heterocycles. The Morgan fingerprint density at radius 2 is 1.80 bits per heavy atom. The monoisotopic (exact) mass is 405 g/mol. The summed E-state index contributed by atoms with van der Waals surface area (Å²) in [4.78, 5) is 11.7. The summed E-state index contributed by atoms with van der Waals surface area (Å²) in [6.45, 7) is -0.109. The predicted octanol–water partition coefficient (Wildman–Crippen LogP) is -0.366. The number of nitrogens with one attached hydrogen (secondary N) is 2. The smallest absolute Gasteiger partial charge is 0.267 e. The average molecular weight is 405 g/mol. The van der Waals surface area contributed by atoms with Crippen molar-refractivity contribution in [2.75, 3.05) is 11.9 Å². The molecule has 2 rings (SSSR count). The summed E-state index contributed by atoms with van der Waals surface area (Å²) in [5.41, 5.74) is 0.629. The number of rotatable bonds is 8. The number of aromatic nitrogens is 2.